The van der Waals surface area contributed by atoms with E-state index in [1.807, 2.05) is 23.1 Å². The summed E-state index contributed by atoms with van der Waals surface area (Å²) in [6.45, 7) is 2.69. The smallest absolute Gasteiger partial charge is 0.149 e. The van der Waals surface area contributed by atoms with Crippen molar-refractivity contribution in [2.75, 3.05) is 36.0 Å². The van der Waals surface area contributed by atoms with Gasteiger partial charge in [0.25, 0.3) is 0 Å². The van der Waals surface area contributed by atoms with Crippen LogP contribution < -0.4 is 9.80 Å². The van der Waals surface area contributed by atoms with Gasteiger partial charge >= 0.3 is 0 Å². The van der Waals surface area contributed by atoms with Crippen LogP contribution >= 0.6 is 15.9 Å². The van der Waals surface area contributed by atoms with Gasteiger partial charge in [0.05, 0.1) is 11.2 Å². The molecule has 1 aliphatic heterocycles. The first-order valence-corrected chi connectivity index (χ1v) is 8.76. The SMILES string of the molecule is Fc1ccc(N2CCN(c3ncnc4ccc(Br)cc34)CC2)c(F)c1. The number of nitrogens with zero attached hydrogens (tertiary/aromatic N) is 4. The zero-order chi connectivity index (χ0) is 17.4. The number of benzene rings is 2. The van der Waals surface area contributed by atoms with E-state index in [-0.39, 0.29) is 0 Å². The highest BCUT2D eigenvalue weighted by atomic mass is 79.9. The lowest BCUT2D eigenvalue weighted by Crippen LogP contribution is -2.47. The highest BCUT2D eigenvalue weighted by Gasteiger charge is 2.22. The molecule has 0 amide bonds. The molecule has 0 bridgehead atoms. The normalized spacial score (nSPS) is 15.0. The van der Waals surface area contributed by atoms with Crippen LogP contribution in [0.5, 0.6) is 0 Å². The Balaban J connectivity index is 1.57. The molecule has 1 fully saturated rings. The second-order valence-corrected chi connectivity index (χ2v) is 6.84. The average molecular weight is 405 g/mol. The lowest BCUT2D eigenvalue weighted by atomic mass is 10.2. The van der Waals surface area contributed by atoms with Gasteiger partial charge in [-0.1, -0.05) is 15.9 Å². The third kappa shape index (κ3) is 3.16. The van der Waals surface area contributed by atoms with Crippen LogP contribution in [0.1, 0.15) is 0 Å². The number of aromatic nitrogens is 2. The number of halogens is 3. The number of hydrogen-bond acceptors (Lipinski definition) is 4. The Morgan fingerprint density at radius 2 is 1.64 bits per heavy atom. The van der Waals surface area contributed by atoms with Crippen molar-refractivity contribution in [2.45, 2.75) is 0 Å². The number of fused-ring (bicyclic) bond motifs is 1. The summed E-state index contributed by atoms with van der Waals surface area (Å²) < 4.78 is 28.1. The molecule has 1 saturated heterocycles. The molecule has 0 N–H and O–H groups in total. The van der Waals surface area contributed by atoms with Crippen molar-refractivity contribution < 1.29 is 8.78 Å². The van der Waals surface area contributed by atoms with E-state index >= 15 is 0 Å². The van der Waals surface area contributed by atoms with E-state index < -0.39 is 11.6 Å². The molecule has 4 nitrogen and oxygen atoms in total. The maximum absolute atomic E-state index is 14.0. The summed E-state index contributed by atoms with van der Waals surface area (Å²) in [5, 5.41) is 0.985. The van der Waals surface area contributed by atoms with Gasteiger partial charge in [-0.3, -0.25) is 0 Å². The van der Waals surface area contributed by atoms with Gasteiger partial charge < -0.3 is 9.80 Å². The zero-order valence-corrected chi connectivity index (χ0v) is 14.9. The molecule has 0 aliphatic carbocycles. The molecule has 0 spiro atoms. The van der Waals surface area contributed by atoms with Gasteiger partial charge in [-0.05, 0) is 30.3 Å². The zero-order valence-electron chi connectivity index (χ0n) is 13.3. The Morgan fingerprint density at radius 1 is 0.880 bits per heavy atom. The predicted octanol–water partition coefficient (Wildman–Crippen LogP) is 4.00. The van der Waals surface area contributed by atoms with Crippen LogP contribution in [-0.4, -0.2) is 36.1 Å². The topological polar surface area (TPSA) is 32.3 Å². The molecule has 0 saturated carbocycles. The molecule has 4 rings (SSSR count). The minimum Gasteiger partial charge on any atom is -0.366 e. The third-order valence-corrected chi connectivity index (χ3v) is 4.90. The molecule has 0 atom stereocenters. The molecule has 2 aromatic carbocycles. The molecule has 0 radical (unpaired) electrons. The number of rotatable bonds is 2. The molecule has 7 heteroatoms. The Morgan fingerprint density at radius 3 is 2.40 bits per heavy atom. The van der Waals surface area contributed by atoms with E-state index in [0.29, 0.717) is 31.9 Å². The Bertz CT molecular complexity index is 926. The van der Waals surface area contributed by atoms with Crippen molar-refractivity contribution in [2.24, 2.45) is 0 Å². The highest BCUT2D eigenvalue weighted by molar-refractivity contribution is 9.10. The van der Waals surface area contributed by atoms with Crippen LogP contribution in [0.15, 0.2) is 47.2 Å². The number of hydrogen-bond donors (Lipinski definition) is 0. The van der Waals surface area contributed by atoms with E-state index in [1.54, 1.807) is 6.33 Å². The van der Waals surface area contributed by atoms with Crippen molar-refractivity contribution >= 4 is 38.3 Å². The minimum atomic E-state index is -0.557. The van der Waals surface area contributed by atoms with Crippen molar-refractivity contribution in [3.63, 3.8) is 0 Å². The van der Waals surface area contributed by atoms with Crippen molar-refractivity contribution in [1.29, 1.82) is 0 Å². The predicted molar refractivity (Wildman–Crippen MR) is 98.0 cm³/mol. The molecular formula is C18H15BrF2N4. The Kier molecular flexibility index (Phi) is 4.25. The fourth-order valence-electron chi connectivity index (χ4n) is 3.16. The summed E-state index contributed by atoms with van der Waals surface area (Å²) in [6, 6.07) is 9.63. The monoisotopic (exact) mass is 404 g/mol. The summed E-state index contributed by atoms with van der Waals surface area (Å²) in [5.41, 5.74) is 1.33. The van der Waals surface area contributed by atoms with Crippen LogP contribution in [0.25, 0.3) is 10.9 Å². The van der Waals surface area contributed by atoms with Crippen molar-refractivity contribution in [1.82, 2.24) is 9.97 Å². The maximum Gasteiger partial charge on any atom is 0.149 e. The maximum atomic E-state index is 14.0. The third-order valence-electron chi connectivity index (χ3n) is 4.41. The fraction of sp³-hybridized carbons (Fsp3) is 0.222. The number of anilines is 2. The number of piperazine rings is 1. The van der Waals surface area contributed by atoms with Crippen LogP contribution in [-0.2, 0) is 0 Å². The molecular weight excluding hydrogens is 390 g/mol. The van der Waals surface area contributed by atoms with Gasteiger partial charge in [0.1, 0.15) is 23.8 Å². The summed E-state index contributed by atoms with van der Waals surface area (Å²) in [6.07, 6.45) is 1.57. The van der Waals surface area contributed by atoms with Gasteiger partial charge in [-0.15, -0.1) is 0 Å². The van der Waals surface area contributed by atoms with E-state index in [1.165, 1.54) is 12.1 Å². The van der Waals surface area contributed by atoms with E-state index in [0.717, 1.165) is 27.3 Å². The van der Waals surface area contributed by atoms with Crippen LogP contribution in [0.4, 0.5) is 20.3 Å². The molecule has 1 aromatic heterocycles. The van der Waals surface area contributed by atoms with Gasteiger partial charge in [0.2, 0.25) is 0 Å². The Labute approximate surface area is 152 Å². The Hall–Kier alpha value is -2.28. The molecule has 3 aromatic rings. The average Bonchev–Trinajstić information content (AvgIpc) is 2.61. The lowest BCUT2D eigenvalue weighted by Gasteiger charge is -2.37. The minimum absolute atomic E-state index is 0.441. The fourth-order valence-corrected chi connectivity index (χ4v) is 3.53. The molecule has 2 heterocycles. The van der Waals surface area contributed by atoms with E-state index in [4.69, 9.17) is 0 Å². The van der Waals surface area contributed by atoms with E-state index in [2.05, 4.69) is 30.8 Å². The lowest BCUT2D eigenvalue weighted by molar-refractivity contribution is 0.570. The van der Waals surface area contributed by atoms with Crippen molar-refractivity contribution in [3.8, 4) is 0 Å². The first-order chi connectivity index (χ1) is 12.1. The van der Waals surface area contributed by atoms with Gasteiger partial charge in [-0.2, -0.15) is 0 Å². The molecule has 1 aliphatic rings. The van der Waals surface area contributed by atoms with Crippen molar-refractivity contribution in [3.05, 3.63) is 58.8 Å². The summed E-state index contributed by atoms with van der Waals surface area (Å²) in [7, 11) is 0. The van der Waals surface area contributed by atoms with Gasteiger partial charge in [-0.25, -0.2) is 18.7 Å². The van der Waals surface area contributed by atoms with E-state index in [9.17, 15) is 8.78 Å². The first kappa shape index (κ1) is 16.2. The van der Waals surface area contributed by atoms with Gasteiger partial charge in [0.15, 0.2) is 0 Å². The van der Waals surface area contributed by atoms with Gasteiger partial charge in [0, 0.05) is 42.1 Å². The summed E-state index contributed by atoms with van der Waals surface area (Å²) >= 11 is 3.49. The quantitative estimate of drug-likeness (QED) is 0.646. The van der Waals surface area contributed by atoms with Crippen LogP contribution in [0.3, 0.4) is 0 Å². The first-order valence-electron chi connectivity index (χ1n) is 7.97. The largest absolute Gasteiger partial charge is 0.366 e. The second kappa shape index (κ2) is 6.55. The molecule has 25 heavy (non-hydrogen) atoms. The standard InChI is InChI=1S/C18H15BrF2N4/c19-12-1-3-16-14(9-12)18(23-11-22-16)25-7-5-24(6-8-25)17-4-2-13(20)10-15(17)21/h1-4,9-11H,5-8H2. The van der Waals surface area contributed by atoms with Crippen LogP contribution in [0.2, 0.25) is 0 Å². The molecule has 128 valence electrons. The summed E-state index contributed by atoms with van der Waals surface area (Å²) in [4.78, 5) is 12.9. The highest BCUT2D eigenvalue weighted by Crippen LogP contribution is 2.28. The van der Waals surface area contributed by atoms with Crippen LogP contribution in [0, 0.1) is 11.6 Å². The second-order valence-electron chi connectivity index (χ2n) is 5.93. The molecule has 0 unspecified atom stereocenters. The summed E-state index contributed by atoms with van der Waals surface area (Å²) in [5.74, 6) is -0.201.